The third-order valence-electron chi connectivity index (χ3n) is 3.48. The summed E-state index contributed by atoms with van der Waals surface area (Å²) >= 11 is 0. The molecular formula is C19H19NO2. The van der Waals surface area contributed by atoms with Crippen LogP contribution in [-0.4, -0.2) is 14.2 Å². The molecular weight excluding hydrogens is 274 g/mol. The van der Waals surface area contributed by atoms with Crippen LogP contribution in [0.25, 0.3) is 11.6 Å². The molecule has 3 heteroatoms. The number of ether oxygens (including phenoxy) is 2. The van der Waals surface area contributed by atoms with Crippen molar-refractivity contribution in [2.24, 2.45) is 0 Å². The monoisotopic (exact) mass is 293 g/mol. The van der Waals surface area contributed by atoms with E-state index in [1.54, 1.807) is 20.3 Å². The van der Waals surface area contributed by atoms with Crippen LogP contribution < -0.4 is 9.47 Å². The molecule has 0 heterocycles. The first-order valence-electron chi connectivity index (χ1n) is 7.14. The molecule has 2 rings (SSSR count). The van der Waals surface area contributed by atoms with Crippen molar-refractivity contribution in [3.63, 3.8) is 0 Å². The summed E-state index contributed by atoms with van der Waals surface area (Å²) in [4.78, 5) is 0. The van der Waals surface area contributed by atoms with Crippen LogP contribution in [0.1, 0.15) is 23.6 Å². The average molecular weight is 293 g/mol. The summed E-state index contributed by atoms with van der Waals surface area (Å²) in [7, 11) is 3.19. The molecule has 112 valence electrons. The molecule has 0 atom stereocenters. The first-order chi connectivity index (χ1) is 10.7. The highest BCUT2D eigenvalue weighted by Gasteiger charge is 2.07. The minimum atomic E-state index is 0.571. The smallest absolute Gasteiger partial charge is 0.123 e. The predicted molar refractivity (Wildman–Crippen MR) is 88.9 cm³/mol. The number of hydrogen-bond acceptors (Lipinski definition) is 3. The molecule has 2 aromatic carbocycles. The largest absolute Gasteiger partial charge is 0.497 e. The van der Waals surface area contributed by atoms with Gasteiger partial charge in [0.2, 0.25) is 0 Å². The maximum Gasteiger partial charge on any atom is 0.123 e. The molecule has 0 fully saturated rings. The fraction of sp³-hybridized carbons (Fsp3) is 0.211. The van der Waals surface area contributed by atoms with Gasteiger partial charge in [-0.1, -0.05) is 31.2 Å². The van der Waals surface area contributed by atoms with Crippen LogP contribution in [-0.2, 0) is 6.42 Å². The van der Waals surface area contributed by atoms with E-state index < -0.39 is 0 Å². The van der Waals surface area contributed by atoms with Gasteiger partial charge in [0.25, 0.3) is 0 Å². The van der Waals surface area contributed by atoms with Gasteiger partial charge in [0.15, 0.2) is 0 Å². The second-order valence-electron chi connectivity index (χ2n) is 4.87. The van der Waals surface area contributed by atoms with E-state index in [4.69, 9.17) is 9.47 Å². The number of nitriles is 1. The fourth-order valence-electron chi connectivity index (χ4n) is 2.16. The standard InChI is InChI=1S/C19H19NO2/c1-4-14-5-7-15(8-6-14)9-17(13-20)16-10-18(21-2)12-19(11-16)22-3/h5-12H,4H2,1-3H3/b17-9+. The van der Waals surface area contributed by atoms with Crippen molar-refractivity contribution in [2.75, 3.05) is 14.2 Å². The maximum atomic E-state index is 9.47. The molecule has 0 aliphatic heterocycles. The van der Waals surface area contributed by atoms with Gasteiger partial charge in [0.05, 0.1) is 25.9 Å². The van der Waals surface area contributed by atoms with Gasteiger partial charge in [-0.25, -0.2) is 0 Å². The number of benzene rings is 2. The Bertz CT molecular complexity index is 687. The SMILES string of the molecule is CCc1ccc(/C=C(\C#N)c2cc(OC)cc(OC)c2)cc1. The first kappa shape index (κ1) is 15.7. The van der Waals surface area contributed by atoms with Gasteiger partial charge in [-0.05, 0) is 41.3 Å². The number of methoxy groups -OCH3 is 2. The van der Waals surface area contributed by atoms with Crippen LogP contribution in [0, 0.1) is 11.3 Å². The van der Waals surface area contributed by atoms with Gasteiger partial charge < -0.3 is 9.47 Å². The zero-order valence-electron chi connectivity index (χ0n) is 13.1. The lowest BCUT2D eigenvalue weighted by Crippen LogP contribution is -1.91. The van der Waals surface area contributed by atoms with Crippen molar-refractivity contribution in [1.29, 1.82) is 5.26 Å². The lowest BCUT2D eigenvalue weighted by atomic mass is 10.0. The van der Waals surface area contributed by atoms with Crippen molar-refractivity contribution < 1.29 is 9.47 Å². The van der Waals surface area contributed by atoms with E-state index >= 15 is 0 Å². The molecule has 0 saturated heterocycles. The van der Waals surface area contributed by atoms with Gasteiger partial charge in [-0.15, -0.1) is 0 Å². The summed E-state index contributed by atoms with van der Waals surface area (Å²) in [6.07, 6.45) is 2.87. The minimum absolute atomic E-state index is 0.571. The Balaban J connectivity index is 2.42. The zero-order chi connectivity index (χ0) is 15.9. The van der Waals surface area contributed by atoms with Gasteiger partial charge in [0, 0.05) is 6.07 Å². The third-order valence-corrected chi connectivity index (χ3v) is 3.48. The lowest BCUT2D eigenvalue weighted by Gasteiger charge is -2.08. The zero-order valence-corrected chi connectivity index (χ0v) is 13.1. The van der Waals surface area contributed by atoms with Gasteiger partial charge >= 0.3 is 0 Å². The maximum absolute atomic E-state index is 9.47. The molecule has 0 saturated carbocycles. The van der Waals surface area contributed by atoms with Crippen LogP contribution in [0.2, 0.25) is 0 Å². The van der Waals surface area contributed by atoms with E-state index in [2.05, 4.69) is 25.1 Å². The Morgan fingerprint density at radius 3 is 2.09 bits per heavy atom. The van der Waals surface area contributed by atoms with Gasteiger partial charge in [0.1, 0.15) is 11.5 Å². The van der Waals surface area contributed by atoms with Crippen molar-refractivity contribution in [3.8, 4) is 17.6 Å². The Morgan fingerprint density at radius 2 is 1.64 bits per heavy atom. The summed E-state index contributed by atoms with van der Waals surface area (Å²) < 4.78 is 10.5. The van der Waals surface area contributed by atoms with Crippen molar-refractivity contribution >= 4 is 11.6 Å². The number of rotatable bonds is 5. The summed E-state index contributed by atoms with van der Waals surface area (Å²) in [6.45, 7) is 2.12. The van der Waals surface area contributed by atoms with Gasteiger partial charge in [-0.3, -0.25) is 0 Å². The summed E-state index contributed by atoms with van der Waals surface area (Å²) in [5, 5.41) is 9.47. The summed E-state index contributed by atoms with van der Waals surface area (Å²) in [5.74, 6) is 1.33. The van der Waals surface area contributed by atoms with Crippen LogP contribution >= 0.6 is 0 Å². The fourth-order valence-corrected chi connectivity index (χ4v) is 2.16. The molecule has 3 nitrogen and oxygen atoms in total. The Kier molecular flexibility index (Phi) is 5.21. The highest BCUT2D eigenvalue weighted by atomic mass is 16.5. The number of hydrogen-bond donors (Lipinski definition) is 0. The molecule has 0 amide bonds. The van der Waals surface area contributed by atoms with E-state index in [-0.39, 0.29) is 0 Å². The van der Waals surface area contributed by atoms with Crippen LogP contribution in [0.4, 0.5) is 0 Å². The van der Waals surface area contributed by atoms with Crippen LogP contribution in [0.15, 0.2) is 42.5 Å². The second-order valence-corrected chi connectivity index (χ2v) is 4.87. The molecule has 0 aliphatic rings. The van der Waals surface area contributed by atoms with Crippen molar-refractivity contribution in [1.82, 2.24) is 0 Å². The quantitative estimate of drug-likeness (QED) is 0.608. The molecule has 2 aromatic rings. The molecule has 0 aromatic heterocycles. The first-order valence-corrected chi connectivity index (χ1v) is 7.14. The van der Waals surface area contributed by atoms with E-state index in [0.29, 0.717) is 17.1 Å². The Morgan fingerprint density at radius 1 is 1.05 bits per heavy atom. The number of nitrogens with zero attached hydrogens (tertiary/aromatic N) is 1. The number of allylic oxidation sites excluding steroid dienone is 1. The topological polar surface area (TPSA) is 42.2 Å². The highest BCUT2D eigenvalue weighted by molar-refractivity contribution is 5.90. The Labute approximate surface area is 131 Å². The van der Waals surface area contributed by atoms with Gasteiger partial charge in [-0.2, -0.15) is 5.26 Å². The molecule has 0 aliphatic carbocycles. The molecule has 22 heavy (non-hydrogen) atoms. The molecule has 0 unspecified atom stereocenters. The summed E-state index contributed by atoms with van der Waals surface area (Å²) in [5.41, 5.74) is 3.62. The molecule has 0 N–H and O–H groups in total. The second kappa shape index (κ2) is 7.33. The van der Waals surface area contributed by atoms with Crippen molar-refractivity contribution in [2.45, 2.75) is 13.3 Å². The van der Waals surface area contributed by atoms with Crippen LogP contribution in [0.3, 0.4) is 0 Å². The minimum Gasteiger partial charge on any atom is -0.497 e. The van der Waals surface area contributed by atoms with E-state index in [0.717, 1.165) is 17.5 Å². The normalized spacial score (nSPS) is 10.9. The molecule has 0 bridgehead atoms. The average Bonchev–Trinajstić information content (AvgIpc) is 2.59. The molecule has 0 radical (unpaired) electrons. The Hall–Kier alpha value is -2.73. The van der Waals surface area contributed by atoms with E-state index in [9.17, 15) is 5.26 Å². The van der Waals surface area contributed by atoms with E-state index in [1.807, 2.05) is 30.3 Å². The van der Waals surface area contributed by atoms with E-state index in [1.165, 1.54) is 5.56 Å². The highest BCUT2D eigenvalue weighted by Crippen LogP contribution is 2.28. The number of aryl methyl sites for hydroxylation is 1. The van der Waals surface area contributed by atoms with Crippen LogP contribution in [0.5, 0.6) is 11.5 Å². The van der Waals surface area contributed by atoms with Crippen molar-refractivity contribution in [3.05, 3.63) is 59.2 Å². The molecule has 0 spiro atoms. The predicted octanol–water partition coefficient (Wildman–Crippen LogP) is 4.33. The summed E-state index contributed by atoms with van der Waals surface area (Å²) in [6, 6.07) is 15.9. The lowest BCUT2D eigenvalue weighted by molar-refractivity contribution is 0.394. The third kappa shape index (κ3) is 3.67.